The Balaban J connectivity index is 1.74. The summed E-state index contributed by atoms with van der Waals surface area (Å²) in [5.41, 5.74) is 2.95. The number of benzene rings is 2. The van der Waals surface area contributed by atoms with Crippen LogP contribution in [0.15, 0.2) is 41.3 Å². The van der Waals surface area contributed by atoms with E-state index in [4.69, 9.17) is 20.9 Å². The van der Waals surface area contributed by atoms with Gasteiger partial charge in [-0.05, 0) is 54.1 Å². The van der Waals surface area contributed by atoms with Gasteiger partial charge in [-0.15, -0.1) is 11.8 Å². The predicted octanol–water partition coefficient (Wildman–Crippen LogP) is 4.54. The number of hydrogen-bond donors (Lipinski definition) is 1. The Hall–Kier alpha value is -2.05. The van der Waals surface area contributed by atoms with Crippen molar-refractivity contribution in [3.05, 3.63) is 47.5 Å². The Bertz CT molecular complexity index is 785. The lowest BCUT2D eigenvalue weighted by Gasteiger charge is -2.29. The molecule has 5 nitrogen and oxygen atoms in total. The third-order valence-electron chi connectivity index (χ3n) is 4.19. The lowest BCUT2D eigenvalue weighted by molar-refractivity contribution is 0.206. The van der Waals surface area contributed by atoms with Crippen LogP contribution in [0.3, 0.4) is 0 Å². The summed E-state index contributed by atoms with van der Waals surface area (Å²) in [6.45, 7) is 1.14. The largest absolute Gasteiger partial charge is 0.493 e. The van der Waals surface area contributed by atoms with Crippen molar-refractivity contribution in [1.82, 2.24) is 4.90 Å². The van der Waals surface area contributed by atoms with Gasteiger partial charge in [0.1, 0.15) is 11.9 Å². The molecule has 1 heterocycles. The molecule has 1 N–H and O–H groups in total. The van der Waals surface area contributed by atoms with E-state index in [-0.39, 0.29) is 6.03 Å². The molecule has 0 saturated carbocycles. The number of hydrogen-bond acceptors (Lipinski definition) is 4. The smallest absolute Gasteiger partial charge is 0.322 e. The molecule has 2 aromatic carbocycles. The van der Waals surface area contributed by atoms with Gasteiger partial charge >= 0.3 is 6.03 Å². The number of ether oxygens (including phenoxy) is 1. The molecule has 0 bridgehead atoms. The van der Waals surface area contributed by atoms with Crippen LogP contribution in [-0.4, -0.2) is 30.8 Å². The molecule has 2 aromatic rings. The molecule has 0 saturated heterocycles. The minimum atomic E-state index is -0.118. The van der Waals surface area contributed by atoms with Crippen molar-refractivity contribution in [2.24, 2.45) is 0 Å². The number of nitrogens with one attached hydrogen (secondary N) is 1. The van der Waals surface area contributed by atoms with Gasteiger partial charge in [0, 0.05) is 23.7 Å². The van der Waals surface area contributed by atoms with E-state index < -0.39 is 0 Å². The van der Waals surface area contributed by atoms with E-state index in [0.29, 0.717) is 24.6 Å². The van der Waals surface area contributed by atoms with Gasteiger partial charge in [-0.2, -0.15) is 0 Å². The molecule has 132 valence electrons. The molecule has 25 heavy (non-hydrogen) atoms. The quantitative estimate of drug-likeness (QED) is 0.793. The van der Waals surface area contributed by atoms with Crippen molar-refractivity contribution < 1.29 is 13.8 Å². The summed E-state index contributed by atoms with van der Waals surface area (Å²) >= 11 is 7.15. The van der Waals surface area contributed by atoms with Crippen molar-refractivity contribution in [2.45, 2.75) is 17.9 Å². The molecule has 7 heteroatoms. The van der Waals surface area contributed by atoms with Crippen molar-refractivity contribution in [2.75, 3.05) is 25.2 Å². The summed E-state index contributed by atoms with van der Waals surface area (Å²) in [6.07, 6.45) is 2.76. The highest BCUT2D eigenvalue weighted by atomic mass is 35.5. The van der Waals surface area contributed by atoms with Crippen LogP contribution in [0.4, 0.5) is 10.5 Å². The number of nitrogens with zero attached hydrogens (tertiary/aromatic N) is 1. The maximum Gasteiger partial charge on any atom is 0.322 e. The second-order valence-corrected chi connectivity index (χ2v) is 6.72. The molecule has 0 aromatic heterocycles. The number of methoxy groups -OCH3 is 1. The summed E-state index contributed by atoms with van der Waals surface area (Å²) < 4.78 is 10.1. The van der Waals surface area contributed by atoms with Crippen LogP contribution in [0, 0.1) is 0 Å². The van der Waals surface area contributed by atoms with Crippen LogP contribution < -0.4 is 14.3 Å². The van der Waals surface area contributed by atoms with E-state index in [2.05, 4.69) is 5.32 Å². The second-order valence-electron chi connectivity index (χ2n) is 5.68. The first-order valence-corrected chi connectivity index (χ1v) is 9.36. The van der Waals surface area contributed by atoms with E-state index in [1.54, 1.807) is 23.8 Å². The fraction of sp³-hybridized carbons (Fsp3) is 0.278. The third-order valence-corrected chi connectivity index (χ3v) is 5.08. The van der Waals surface area contributed by atoms with Gasteiger partial charge in [-0.1, -0.05) is 6.07 Å². The zero-order chi connectivity index (χ0) is 17.8. The molecule has 1 aliphatic heterocycles. The fourth-order valence-corrected chi connectivity index (χ4v) is 3.44. The Morgan fingerprint density at radius 1 is 1.24 bits per heavy atom. The van der Waals surface area contributed by atoms with Crippen molar-refractivity contribution in [3.8, 4) is 11.5 Å². The minimum absolute atomic E-state index is 0.118. The molecule has 0 aliphatic carbocycles. The fourth-order valence-electron chi connectivity index (χ4n) is 2.86. The maximum absolute atomic E-state index is 12.6. The van der Waals surface area contributed by atoms with Crippen LogP contribution in [0.2, 0.25) is 0 Å². The zero-order valence-electron chi connectivity index (χ0n) is 14.0. The normalized spacial score (nSPS) is 13.2. The Morgan fingerprint density at radius 3 is 2.76 bits per heavy atom. The van der Waals surface area contributed by atoms with Crippen molar-refractivity contribution in [1.29, 1.82) is 0 Å². The molecule has 0 radical (unpaired) electrons. The summed E-state index contributed by atoms with van der Waals surface area (Å²) in [5.74, 6) is 1.05. The van der Waals surface area contributed by atoms with Crippen molar-refractivity contribution in [3.63, 3.8) is 0 Å². The monoisotopic (exact) mass is 378 g/mol. The van der Waals surface area contributed by atoms with Gasteiger partial charge in [0.2, 0.25) is 0 Å². The summed E-state index contributed by atoms with van der Waals surface area (Å²) in [4.78, 5) is 15.5. The zero-order valence-corrected chi connectivity index (χ0v) is 15.6. The molecular formula is C18H19ClN2O3S. The van der Waals surface area contributed by atoms with E-state index in [0.717, 1.165) is 28.1 Å². The van der Waals surface area contributed by atoms with Gasteiger partial charge in [-0.3, -0.25) is 0 Å². The summed E-state index contributed by atoms with van der Waals surface area (Å²) in [5, 5.41) is 2.96. The lowest BCUT2D eigenvalue weighted by Crippen LogP contribution is -2.38. The molecule has 1 aliphatic rings. The Labute approximate surface area is 156 Å². The average molecular weight is 379 g/mol. The number of carbonyl (C=O) groups is 1. The predicted molar refractivity (Wildman–Crippen MR) is 101 cm³/mol. The highest BCUT2D eigenvalue weighted by Crippen LogP contribution is 2.34. The molecule has 3 rings (SSSR count). The topological polar surface area (TPSA) is 50.8 Å². The molecule has 0 fully saturated rings. The molecule has 0 unspecified atom stereocenters. The van der Waals surface area contributed by atoms with Crippen LogP contribution in [0.25, 0.3) is 0 Å². The number of anilines is 1. The number of fused-ring (bicyclic) bond motifs is 1. The first-order valence-electron chi connectivity index (χ1n) is 7.83. The highest BCUT2D eigenvalue weighted by molar-refractivity contribution is 7.98. The first kappa shape index (κ1) is 17.8. The number of urea groups is 1. The lowest BCUT2D eigenvalue weighted by atomic mass is 9.99. The van der Waals surface area contributed by atoms with Gasteiger partial charge in [0.25, 0.3) is 0 Å². The number of rotatable bonds is 4. The van der Waals surface area contributed by atoms with Crippen LogP contribution >= 0.6 is 23.6 Å². The molecule has 0 spiro atoms. The molecule has 0 atom stereocenters. The van der Waals surface area contributed by atoms with E-state index in [1.807, 2.05) is 42.7 Å². The van der Waals surface area contributed by atoms with Gasteiger partial charge in [0.05, 0.1) is 7.11 Å². The van der Waals surface area contributed by atoms with Crippen LogP contribution in [0.5, 0.6) is 11.5 Å². The number of carbonyl (C=O) groups excluding carboxylic acids is 1. The van der Waals surface area contributed by atoms with Crippen molar-refractivity contribution >= 4 is 35.3 Å². The van der Waals surface area contributed by atoms with Crippen LogP contribution in [-0.2, 0) is 13.0 Å². The standard InChI is InChI=1S/C18H19ClN2O3S/c1-23-16-8-12-6-7-21(11-13(12)9-17(16)24-19)18(22)20-14-4-3-5-15(10-14)25-2/h3-5,8-10H,6-7,11H2,1-2H3,(H,20,22). The first-order chi connectivity index (χ1) is 12.1. The minimum Gasteiger partial charge on any atom is -0.493 e. The Kier molecular flexibility index (Phi) is 5.60. The van der Waals surface area contributed by atoms with E-state index >= 15 is 0 Å². The average Bonchev–Trinajstić information content (AvgIpc) is 2.66. The molecular weight excluding hydrogens is 360 g/mol. The third kappa shape index (κ3) is 3.96. The Morgan fingerprint density at radius 2 is 2.04 bits per heavy atom. The second kappa shape index (κ2) is 7.89. The van der Waals surface area contributed by atoms with Gasteiger partial charge in [-0.25, -0.2) is 4.79 Å². The number of amides is 2. The SMILES string of the molecule is COc1cc2c(cc1OCl)CN(C(=O)Nc1cccc(SC)c1)CC2. The van der Waals surface area contributed by atoms with Crippen LogP contribution in [0.1, 0.15) is 11.1 Å². The van der Waals surface area contributed by atoms with E-state index in [9.17, 15) is 4.79 Å². The van der Waals surface area contributed by atoms with E-state index in [1.165, 1.54) is 0 Å². The van der Waals surface area contributed by atoms with Gasteiger partial charge in [0.15, 0.2) is 11.5 Å². The summed E-state index contributed by atoms with van der Waals surface area (Å²) in [6, 6.07) is 11.4. The molecule has 2 amide bonds. The highest BCUT2D eigenvalue weighted by Gasteiger charge is 2.23. The number of thioether (sulfide) groups is 1. The van der Waals surface area contributed by atoms with Gasteiger partial charge < -0.3 is 19.2 Å². The maximum atomic E-state index is 12.6. The summed E-state index contributed by atoms with van der Waals surface area (Å²) in [7, 11) is 1.58. The number of halogens is 1.